The summed E-state index contributed by atoms with van der Waals surface area (Å²) in [4.78, 5) is 28.7. The lowest BCUT2D eigenvalue weighted by Gasteiger charge is -2.49. The van der Waals surface area contributed by atoms with Crippen molar-refractivity contribution in [2.24, 2.45) is 0 Å². The number of halogens is 3. The van der Waals surface area contributed by atoms with Crippen molar-refractivity contribution in [1.29, 1.82) is 0 Å². The third-order valence-corrected chi connectivity index (χ3v) is 6.83. The van der Waals surface area contributed by atoms with Gasteiger partial charge < -0.3 is 13.9 Å². The molecule has 7 nitrogen and oxygen atoms in total. The van der Waals surface area contributed by atoms with Gasteiger partial charge in [-0.05, 0) is 58.8 Å². The Hall–Kier alpha value is -2.27. The molecule has 0 aliphatic carbocycles. The smallest absolute Gasteiger partial charge is 0.415 e. The number of ether oxygens (including phenoxy) is 2. The summed E-state index contributed by atoms with van der Waals surface area (Å²) in [5.74, 6) is 0. The molecule has 196 valence electrons. The average Bonchev–Trinajstić information content (AvgIpc) is 3.03. The Morgan fingerprint density at radius 2 is 1.69 bits per heavy atom. The zero-order chi connectivity index (χ0) is 26.2. The second-order valence-corrected chi connectivity index (χ2v) is 15.5. The summed E-state index contributed by atoms with van der Waals surface area (Å²) in [6, 6.07) is 6.10. The first-order valence-electron chi connectivity index (χ1n) is 11.8. The van der Waals surface area contributed by atoms with E-state index in [1.807, 2.05) is 6.07 Å². The van der Waals surface area contributed by atoms with Crippen molar-refractivity contribution in [2.75, 3.05) is 6.54 Å². The molecule has 1 unspecified atom stereocenters. The van der Waals surface area contributed by atoms with Gasteiger partial charge in [-0.3, -0.25) is 9.80 Å². The number of likely N-dealkylation sites (tertiary alicyclic amines) is 1. The number of fused-ring (bicyclic) bond motifs is 2. The van der Waals surface area contributed by atoms with E-state index in [1.54, 1.807) is 64.7 Å². The molecule has 2 heterocycles. The zero-order valence-corrected chi connectivity index (χ0v) is 22.1. The minimum absolute atomic E-state index is 0.0699. The predicted octanol–water partition coefficient (Wildman–Crippen LogP) is 5.56. The van der Waals surface area contributed by atoms with Gasteiger partial charge in [0, 0.05) is 6.54 Å². The highest BCUT2D eigenvalue weighted by Crippen LogP contribution is 2.42. The molecule has 2 aliphatic heterocycles. The zero-order valence-electron chi connectivity index (χ0n) is 21.1. The fourth-order valence-electron chi connectivity index (χ4n) is 4.66. The third kappa shape index (κ3) is 6.90. The van der Waals surface area contributed by atoms with E-state index in [9.17, 15) is 22.8 Å². The van der Waals surface area contributed by atoms with E-state index in [-0.39, 0.29) is 13.2 Å². The fraction of sp³-hybridized carbons (Fsp3) is 0.667. The Morgan fingerprint density at radius 1 is 1.06 bits per heavy atom. The summed E-state index contributed by atoms with van der Waals surface area (Å²) in [5.41, 5.74) is -0.0887. The molecule has 0 N–H and O–H groups in total. The summed E-state index contributed by atoms with van der Waals surface area (Å²) >= 11 is 0. The molecule has 2 amide bonds. The van der Waals surface area contributed by atoms with E-state index in [0.29, 0.717) is 12.8 Å². The maximum atomic E-state index is 14.4. The standard InChI is InChI=1S/C24H35F3N2O5Si/c1-23(2,3)33-22(31)29-17-12-13-18(29)19(20(24(25,26)27)34-35(4,5)6)28(14-17)21(30)32-15-16-10-8-7-9-11-16/h7-11,17-20H,12-15H2,1-6H3/t17-,18+,19-,20?/m1/s1. The lowest BCUT2D eigenvalue weighted by molar-refractivity contribution is -0.222. The van der Waals surface area contributed by atoms with Crippen LogP contribution in [0.25, 0.3) is 0 Å². The molecule has 4 atom stereocenters. The van der Waals surface area contributed by atoms with Gasteiger partial charge in [-0.25, -0.2) is 9.59 Å². The number of carbonyl (C=O) groups excluding carboxylic acids is 2. The second-order valence-electron chi connectivity index (χ2n) is 11.1. The van der Waals surface area contributed by atoms with Crippen molar-refractivity contribution in [2.45, 2.75) is 95.9 Å². The molecule has 2 bridgehead atoms. The highest BCUT2D eigenvalue weighted by atomic mass is 28.4. The van der Waals surface area contributed by atoms with Crippen molar-refractivity contribution in [3.05, 3.63) is 35.9 Å². The van der Waals surface area contributed by atoms with Crippen LogP contribution < -0.4 is 0 Å². The molecule has 0 radical (unpaired) electrons. The van der Waals surface area contributed by atoms with E-state index in [2.05, 4.69) is 0 Å². The van der Waals surface area contributed by atoms with Crippen LogP contribution in [0.5, 0.6) is 0 Å². The molecule has 0 spiro atoms. The van der Waals surface area contributed by atoms with Crippen LogP contribution in [0.15, 0.2) is 30.3 Å². The van der Waals surface area contributed by atoms with E-state index in [0.717, 1.165) is 10.5 Å². The van der Waals surface area contributed by atoms with E-state index >= 15 is 0 Å². The molecule has 0 saturated carbocycles. The van der Waals surface area contributed by atoms with Gasteiger partial charge >= 0.3 is 18.4 Å². The van der Waals surface area contributed by atoms with Gasteiger partial charge in [0.2, 0.25) is 0 Å². The topological polar surface area (TPSA) is 68.3 Å². The van der Waals surface area contributed by atoms with Gasteiger partial charge in [0.05, 0.1) is 18.1 Å². The Morgan fingerprint density at radius 3 is 2.23 bits per heavy atom. The van der Waals surface area contributed by atoms with Crippen molar-refractivity contribution in [3.8, 4) is 0 Å². The summed E-state index contributed by atoms with van der Waals surface area (Å²) in [7, 11) is -2.70. The molecule has 2 fully saturated rings. The maximum Gasteiger partial charge on any atom is 0.415 e. The number of alkyl halides is 3. The van der Waals surface area contributed by atoms with Crippen LogP contribution in [0, 0.1) is 0 Å². The van der Waals surface area contributed by atoms with Crippen molar-refractivity contribution in [1.82, 2.24) is 9.80 Å². The molecule has 2 saturated heterocycles. The number of amides is 2. The predicted molar refractivity (Wildman–Crippen MR) is 126 cm³/mol. The Labute approximate surface area is 205 Å². The first-order chi connectivity index (χ1) is 16.1. The fourth-order valence-corrected chi connectivity index (χ4v) is 5.69. The van der Waals surface area contributed by atoms with Crippen LogP contribution in [0.3, 0.4) is 0 Å². The molecule has 2 aliphatic rings. The Balaban J connectivity index is 1.94. The molecule has 0 aromatic heterocycles. The second kappa shape index (κ2) is 10.0. The SMILES string of the molecule is CC(C)(C)OC(=O)N1[C@@H]2CC[C@H]1[C@H](C(O[Si](C)(C)C)C(F)(F)F)N(C(=O)OCc1ccccc1)C2. The molecular weight excluding hydrogens is 481 g/mol. The van der Waals surface area contributed by atoms with Crippen LogP contribution in [-0.2, 0) is 20.5 Å². The molecule has 1 aromatic carbocycles. The van der Waals surface area contributed by atoms with Crippen molar-refractivity contribution in [3.63, 3.8) is 0 Å². The normalized spacial score (nSPS) is 23.7. The number of carbonyl (C=O) groups is 2. The lowest BCUT2D eigenvalue weighted by Crippen LogP contribution is -2.69. The summed E-state index contributed by atoms with van der Waals surface area (Å²) in [6.07, 6.45) is -7.78. The van der Waals surface area contributed by atoms with Crippen molar-refractivity contribution < 1.29 is 36.7 Å². The van der Waals surface area contributed by atoms with Crippen LogP contribution in [0.4, 0.5) is 22.8 Å². The molecule has 1 aromatic rings. The number of piperazine rings is 1. The van der Waals surface area contributed by atoms with Crippen LogP contribution in [0.1, 0.15) is 39.2 Å². The van der Waals surface area contributed by atoms with Gasteiger partial charge in [0.15, 0.2) is 14.4 Å². The van der Waals surface area contributed by atoms with Gasteiger partial charge in [0.25, 0.3) is 0 Å². The first kappa shape index (κ1) is 27.3. The van der Waals surface area contributed by atoms with Gasteiger partial charge in [0.1, 0.15) is 12.2 Å². The quantitative estimate of drug-likeness (QED) is 0.480. The Bertz CT molecular complexity index is 901. The Kier molecular flexibility index (Phi) is 7.81. The number of benzene rings is 1. The van der Waals surface area contributed by atoms with E-state index < -0.39 is 56.5 Å². The minimum atomic E-state index is -4.75. The lowest BCUT2D eigenvalue weighted by atomic mass is 9.97. The monoisotopic (exact) mass is 516 g/mol. The maximum absolute atomic E-state index is 14.4. The van der Waals surface area contributed by atoms with Gasteiger partial charge in [-0.1, -0.05) is 30.3 Å². The van der Waals surface area contributed by atoms with Gasteiger partial charge in [-0.15, -0.1) is 0 Å². The minimum Gasteiger partial charge on any atom is -0.445 e. The molecule has 35 heavy (non-hydrogen) atoms. The van der Waals surface area contributed by atoms with Crippen molar-refractivity contribution >= 4 is 20.5 Å². The summed E-state index contributed by atoms with van der Waals surface area (Å²) in [5, 5.41) is 0. The first-order valence-corrected chi connectivity index (χ1v) is 15.2. The highest BCUT2D eigenvalue weighted by Gasteiger charge is 2.60. The van der Waals surface area contributed by atoms with Crippen LogP contribution in [0.2, 0.25) is 19.6 Å². The highest BCUT2D eigenvalue weighted by molar-refractivity contribution is 6.69. The summed E-state index contributed by atoms with van der Waals surface area (Å²) < 4.78 is 59.9. The molecular formula is C24H35F3N2O5Si. The largest absolute Gasteiger partial charge is 0.445 e. The third-order valence-electron chi connectivity index (χ3n) is 5.87. The van der Waals surface area contributed by atoms with E-state index in [1.165, 1.54) is 4.90 Å². The molecule has 11 heteroatoms. The number of rotatable bonds is 5. The number of hydrogen-bond donors (Lipinski definition) is 0. The summed E-state index contributed by atoms with van der Waals surface area (Å²) in [6.45, 7) is 9.94. The van der Waals surface area contributed by atoms with Gasteiger partial charge in [-0.2, -0.15) is 13.2 Å². The van der Waals surface area contributed by atoms with Crippen LogP contribution >= 0.6 is 0 Å². The number of hydrogen-bond acceptors (Lipinski definition) is 5. The van der Waals surface area contributed by atoms with Crippen LogP contribution in [-0.4, -0.2) is 72.9 Å². The van der Waals surface area contributed by atoms with E-state index in [4.69, 9.17) is 13.9 Å². The molecule has 3 rings (SSSR count). The number of nitrogens with zero attached hydrogens (tertiary/aromatic N) is 2. The average molecular weight is 517 g/mol.